The predicted molar refractivity (Wildman–Crippen MR) is 129 cm³/mol. The van der Waals surface area contributed by atoms with Crippen molar-refractivity contribution in [2.45, 2.75) is 26.5 Å². The number of halogens is 1. The van der Waals surface area contributed by atoms with Gasteiger partial charge in [-0.2, -0.15) is 5.10 Å². The van der Waals surface area contributed by atoms with Gasteiger partial charge in [-0.15, -0.1) is 11.3 Å². The number of aromatic nitrogens is 3. The Morgan fingerprint density at radius 1 is 1.12 bits per heavy atom. The van der Waals surface area contributed by atoms with E-state index in [2.05, 4.69) is 15.4 Å². The Morgan fingerprint density at radius 2 is 1.79 bits per heavy atom. The maximum Gasteiger partial charge on any atom is 0.343 e. The Bertz CT molecular complexity index is 1270. The molecule has 0 unspecified atom stereocenters. The average molecular weight is 481 g/mol. The van der Waals surface area contributed by atoms with E-state index in [4.69, 9.17) is 16.3 Å². The van der Waals surface area contributed by atoms with Crippen LogP contribution >= 0.6 is 22.9 Å². The van der Waals surface area contributed by atoms with Crippen LogP contribution in [0.4, 0.5) is 5.13 Å². The molecule has 2 aromatic carbocycles. The summed E-state index contributed by atoms with van der Waals surface area (Å²) in [6.45, 7) is 3.59. The molecule has 2 heterocycles. The molecule has 9 heteroatoms. The first-order valence-electron chi connectivity index (χ1n) is 10.2. The summed E-state index contributed by atoms with van der Waals surface area (Å²) in [5.74, 6) is -1.19. The van der Waals surface area contributed by atoms with Gasteiger partial charge in [0.05, 0.1) is 17.9 Å². The predicted octanol–water partition coefficient (Wildman–Crippen LogP) is 5.20. The van der Waals surface area contributed by atoms with Gasteiger partial charge in [-0.1, -0.05) is 72.3 Å². The molecule has 0 spiro atoms. The van der Waals surface area contributed by atoms with Gasteiger partial charge >= 0.3 is 5.97 Å². The van der Waals surface area contributed by atoms with Gasteiger partial charge in [0.1, 0.15) is 10.7 Å². The van der Waals surface area contributed by atoms with E-state index in [1.807, 2.05) is 66.0 Å². The number of aryl methyl sites for hydroxylation is 1. The molecule has 4 rings (SSSR count). The quantitative estimate of drug-likeness (QED) is 0.367. The van der Waals surface area contributed by atoms with Crippen molar-refractivity contribution < 1.29 is 14.3 Å². The van der Waals surface area contributed by atoms with Crippen LogP contribution in [0, 0.1) is 6.92 Å². The van der Waals surface area contributed by atoms with E-state index in [1.165, 1.54) is 22.9 Å². The lowest BCUT2D eigenvalue weighted by molar-refractivity contribution is -0.123. The Labute approximate surface area is 200 Å². The smallest absolute Gasteiger partial charge is 0.343 e. The minimum atomic E-state index is -1.05. The molecule has 168 valence electrons. The fourth-order valence-electron chi connectivity index (χ4n) is 3.20. The van der Waals surface area contributed by atoms with E-state index < -0.39 is 18.0 Å². The van der Waals surface area contributed by atoms with Crippen LogP contribution in [0.5, 0.6) is 0 Å². The van der Waals surface area contributed by atoms with E-state index in [0.29, 0.717) is 17.4 Å². The molecule has 33 heavy (non-hydrogen) atoms. The molecule has 0 radical (unpaired) electrons. The van der Waals surface area contributed by atoms with Crippen molar-refractivity contribution in [3.63, 3.8) is 0 Å². The molecule has 1 amide bonds. The monoisotopic (exact) mass is 480 g/mol. The number of ether oxygens (including phenoxy) is 1. The number of nitrogens with one attached hydrogen (secondary N) is 1. The van der Waals surface area contributed by atoms with Crippen molar-refractivity contribution in [3.8, 4) is 11.3 Å². The molecule has 0 bridgehead atoms. The molecule has 7 nitrogen and oxygen atoms in total. The first-order chi connectivity index (χ1) is 15.9. The standard InChI is InChI=1S/C24H21ClN4O3S/c1-15-20(21(25)29(28-15)13-17-9-5-3-6-10-17)23(31)32-16(2)22(30)27-24-26-19(14-33-24)18-11-7-4-8-12-18/h3-12,14,16H,13H2,1-2H3,(H,26,27,30)/t16-/m0/s1. The number of nitrogens with zero attached hydrogens (tertiary/aromatic N) is 3. The zero-order chi connectivity index (χ0) is 23.4. The van der Waals surface area contributed by atoms with Crippen molar-refractivity contribution in [2.24, 2.45) is 0 Å². The second kappa shape index (κ2) is 9.97. The highest BCUT2D eigenvalue weighted by molar-refractivity contribution is 7.14. The highest BCUT2D eigenvalue weighted by atomic mass is 35.5. The summed E-state index contributed by atoms with van der Waals surface area (Å²) in [5.41, 5.74) is 3.28. The van der Waals surface area contributed by atoms with Crippen molar-refractivity contribution in [2.75, 3.05) is 5.32 Å². The van der Waals surface area contributed by atoms with Crippen LogP contribution in [0.15, 0.2) is 66.0 Å². The van der Waals surface area contributed by atoms with E-state index in [1.54, 1.807) is 6.92 Å². The number of thiazole rings is 1. The molecule has 0 saturated carbocycles. The molecule has 0 aliphatic heterocycles. The molecule has 0 saturated heterocycles. The zero-order valence-electron chi connectivity index (χ0n) is 18.0. The highest BCUT2D eigenvalue weighted by Crippen LogP contribution is 2.25. The second-order valence-electron chi connectivity index (χ2n) is 7.34. The number of benzene rings is 2. The van der Waals surface area contributed by atoms with Crippen LogP contribution < -0.4 is 5.32 Å². The highest BCUT2D eigenvalue weighted by Gasteiger charge is 2.26. The maximum absolute atomic E-state index is 12.8. The molecule has 1 atom stereocenters. The SMILES string of the molecule is Cc1nn(Cc2ccccc2)c(Cl)c1C(=O)O[C@@H](C)C(=O)Nc1nc(-c2ccccc2)cs1. The topological polar surface area (TPSA) is 86.1 Å². The summed E-state index contributed by atoms with van der Waals surface area (Å²) in [6.07, 6.45) is -1.05. The van der Waals surface area contributed by atoms with Gasteiger partial charge in [-0.3, -0.25) is 10.1 Å². The van der Waals surface area contributed by atoms with Gasteiger partial charge in [0.2, 0.25) is 0 Å². The largest absolute Gasteiger partial charge is 0.449 e. The first-order valence-corrected chi connectivity index (χ1v) is 11.5. The van der Waals surface area contributed by atoms with Gasteiger partial charge in [-0.25, -0.2) is 14.5 Å². The Hall–Kier alpha value is -3.49. The first kappa shape index (κ1) is 22.7. The molecule has 0 aliphatic rings. The minimum Gasteiger partial charge on any atom is -0.449 e. The van der Waals surface area contributed by atoms with E-state index in [0.717, 1.165) is 16.8 Å². The summed E-state index contributed by atoms with van der Waals surface area (Å²) < 4.78 is 6.91. The third-order valence-electron chi connectivity index (χ3n) is 4.90. The van der Waals surface area contributed by atoms with E-state index in [-0.39, 0.29) is 10.7 Å². The van der Waals surface area contributed by atoms with Crippen LogP contribution in [0.3, 0.4) is 0 Å². The fraction of sp³-hybridized carbons (Fsp3) is 0.167. The van der Waals surface area contributed by atoms with Gasteiger partial charge < -0.3 is 4.74 Å². The van der Waals surface area contributed by atoms with Crippen molar-refractivity contribution in [3.05, 3.63) is 88.0 Å². The molecular formula is C24H21ClN4O3S. The molecule has 2 aromatic heterocycles. The third-order valence-corrected chi connectivity index (χ3v) is 6.04. The van der Waals surface area contributed by atoms with Gasteiger partial charge in [0, 0.05) is 10.9 Å². The van der Waals surface area contributed by atoms with Gasteiger partial charge in [-0.05, 0) is 19.4 Å². The molecule has 4 aromatic rings. The molecule has 1 N–H and O–H groups in total. The summed E-state index contributed by atoms with van der Waals surface area (Å²) in [6, 6.07) is 19.3. The number of carbonyl (C=O) groups excluding carboxylic acids is 2. The second-order valence-corrected chi connectivity index (χ2v) is 8.55. The Balaban J connectivity index is 1.40. The molecule has 0 fully saturated rings. The Kier molecular flexibility index (Phi) is 6.86. The number of hydrogen-bond donors (Lipinski definition) is 1. The lowest BCUT2D eigenvalue weighted by atomic mass is 10.2. The van der Waals surface area contributed by atoms with Crippen molar-refractivity contribution >= 4 is 39.9 Å². The number of amides is 1. The summed E-state index contributed by atoms with van der Waals surface area (Å²) in [4.78, 5) is 29.7. The summed E-state index contributed by atoms with van der Waals surface area (Å²) in [5, 5.41) is 9.49. The lowest BCUT2D eigenvalue weighted by Crippen LogP contribution is -2.30. The normalized spacial score (nSPS) is 11.7. The molecular weight excluding hydrogens is 460 g/mol. The zero-order valence-corrected chi connectivity index (χ0v) is 19.6. The summed E-state index contributed by atoms with van der Waals surface area (Å²) >= 11 is 7.72. The maximum atomic E-state index is 12.8. The van der Waals surface area contributed by atoms with Gasteiger partial charge in [0.25, 0.3) is 5.91 Å². The number of anilines is 1. The minimum absolute atomic E-state index is 0.146. The van der Waals surface area contributed by atoms with Crippen LogP contribution in [-0.4, -0.2) is 32.7 Å². The Morgan fingerprint density at radius 3 is 2.48 bits per heavy atom. The molecule has 0 aliphatic carbocycles. The van der Waals surface area contributed by atoms with Crippen LogP contribution in [0.1, 0.15) is 28.5 Å². The summed E-state index contributed by atoms with van der Waals surface area (Å²) in [7, 11) is 0. The third kappa shape index (κ3) is 5.30. The number of esters is 1. The number of carbonyl (C=O) groups is 2. The number of hydrogen-bond acceptors (Lipinski definition) is 6. The number of rotatable bonds is 7. The van der Waals surface area contributed by atoms with Crippen molar-refractivity contribution in [1.82, 2.24) is 14.8 Å². The average Bonchev–Trinajstić information content (AvgIpc) is 3.39. The van der Waals surface area contributed by atoms with Crippen LogP contribution in [0.2, 0.25) is 5.15 Å². The van der Waals surface area contributed by atoms with E-state index in [9.17, 15) is 9.59 Å². The van der Waals surface area contributed by atoms with Crippen LogP contribution in [0.25, 0.3) is 11.3 Å². The van der Waals surface area contributed by atoms with Crippen molar-refractivity contribution in [1.29, 1.82) is 0 Å². The fourth-order valence-corrected chi connectivity index (χ4v) is 4.23. The van der Waals surface area contributed by atoms with Crippen LogP contribution in [-0.2, 0) is 16.1 Å². The van der Waals surface area contributed by atoms with E-state index >= 15 is 0 Å². The van der Waals surface area contributed by atoms with Gasteiger partial charge in [0.15, 0.2) is 11.2 Å². The lowest BCUT2D eigenvalue weighted by Gasteiger charge is -2.12.